The van der Waals surface area contributed by atoms with E-state index in [1.54, 1.807) is 12.1 Å². The van der Waals surface area contributed by atoms with Crippen LogP contribution in [0.5, 0.6) is 5.75 Å². The highest BCUT2D eigenvalue weighted by molar-refractivity contribution is 7.17. The number of aromatic nitrogens is 1. The van der Waals surface area contributed by atoms with Gasteiger partial charge in [-0.1, -0.05) is 25.1 Å². The molecule has 2 aromatic carbocycles. The molecule has 0 radical (unpaired) electrons. The van der Waals surface area contributed by atoms with Gasteiger partial charge < -0.3 is 15.4 Å². The smallest absolute Gasteiger partial charge is 0.266 e. The lowest BCUT2D eigenvalue weighted by Crippen LogP contribution is -2.15. The predicted octanol–water partition coefficient (Wildman–Crippen LogP) is 4.75. The quantitative estimate of drug-likeness (QED) is 0.480. The lowest BCUT2D eigenvalue weighted by atomic mass is 9.91. The Morgan fingerprint density at radius 2 is 2.04 bits per heavy atom. The average molecular weight is 378 g/mol. The third kappa shape index (κ3) is 2.93. The molecule has 2 heterocycles. The molecule has 0 saturated carbocycles. The Labute approximate surface area is 161 Å². The molecule has 0 aliphatic carbocycles. The van der Waals surface area contributed by atoms with Gasteiger partial charge in [0.2, 0.25) is 0 Å². The zero-order chi connectivity index (χ0) is 19.1. The van der Waals surface area contributed by atoms with E-state index in [1.807, 2.05) is 18.5 Å². The number of benzene rings is 2. The Morgan fingerprint density at radius 1 is 1.22 bits per heavy atom. The molecule has 1 atom stereocenters. The van der Waals surface area contributed by atoms with Gasteiger partial charge in [0.15, 0.2) is 0 Å². The van der Waals surface area contributed by atoms with Gasteiger partial charge >= 0.3 is 0 Å². The summed E-state index contributed by atoms with van der Waals surface area (Å²) in [6, 6.07) is 11.7. The van der Waals surface area contributed by atoms with Crippen LogP contribution in [0.15, 0.2) is 46.6 Å². The van der Waals surface area contributed by atoms with E-state index in [9.17, 15) is 9.90 Å². The van der Waals surface area contributed by atoms with Crippen molar-refractivity contribution in [3.05, 3.63) is 63.3 Å². The normalized spacial score (nSPS) is 12.7. The summed E-state index contributed by atoms with van der Waals surface area (Å²) in [5.41, 5.74) is 4.86. The number of thiophene rings is 1. The van der Waals surface area contributed by atoms with Crippen LogP contribution >= 0.6 is 11.3 Å². The zero-order valence-electron chi connectivity index (χ0n) is 15.6. The van der Waals surface area contributed by atoms with Crippen LogP contribution in [0, 0.1) is 6.92 Å². The van der Waals surface area contributed by atoms with E-state index in [0.29, 0.717) is 10.6 Å². The molecular weight excluding hydrogens is 356 g/mol. The van der Waals surface area contributed by atoms with Crippen LogP contribution in [-0.4, -0.2) is 23.7 Å². The lowest BCUT2D eigenvalue weighted by molar-refractivity contribution is 0.478. The molecule has 0 bridgehead atoms. The molecule has 138 valence electrons. The van der Waals surface area contributed by atoms with Crippen molar-refractivity contribution in [1.82, 2.24) is 10.3 Å². The van der Waals surface area contributed by atoms with Gasteiger partial charge in [-0.05, 0) is 60.2 Å². The van der Waals surface area contributed by atoms with Gasteiger partial charge in [-0.3, -0.25) is 4.79 Å². The van der Waals surface area contributed by atoms with Gasteiger partial charge in [-0.2, -0.15) is 0 Å². The van der Waals surface area contributed by atoms with Crippen molar-refractivity contribution in [3.8, 4) is 16.9 Å². The molecule has 0 aliphatic rings. The summed E-state index contributed by atoms with van der Waals surface area (Å²) in [5.74, 6) is 0.627. The Balaban J connectivity index is 1.99. The largest absolute Gasteiger partial charge is 0.507 e. The molecule has 0 fully saturated rings. The number of fused-ring (bicyclic) bond motifs is 3. The highest BCUT2D eigenvalue weighted by atomic mass is 32.1. The minimum atomic E-state index is -0.0865. The molecule has 27 heavy (non-hydrogen) atoms. The maximum atomic E-state index is 12.3. The highest BCUT2D eigenvalue weighted by Crippen LogP contribution is 2.40. The molecular formula is C22H22N2O2S. The molecule has 4 nitrogen and oxygen atoms in total. The number of nitrogens with one attached hydrogen (secondary N) is 2. The Morgan fingerprint density at radius 3 is 2.78 bits per heavy atom. The fourth-order valence-electron chi connectivity index (χ4n) is 3.93. The zero-order valence-corrected chi connectivity index (χ0v) is 16.4. The van der Waals surface area contributed by atoms with Crippen LogP contribution in [0.2, 0.25) is 0 Å². The molecule has 4 rings (SSSR count). The molecule has 2 aromatic heterocycles. The summed E-state index contributed by atoms with van der Waals surface area (Å²) in [4.78, 5) is 15.3. The first-order valence-corrected chi connectivity index (χ1v) is 9.90. The number of hydrogen-bond donors (Lipinski definition) is 3. The number of phenols is 1. The van der Waals surface area contributed by atoms with Crippen LogP contribution < -0.4 is 10.9 Å². The van der Waals surface area contributed by atoms with Crippen LogP contribution in [-0.2, 0) is 0 Å². The minimum Gasteiger partial charge on any atom is -0.507 e. The molecule has 0 saturated heterocycles. The average Bonchev–Trinajstić information content (AvgIpc) is 3.13. The van der Waals surface area contributed by atoms with E-state index in [1.165, 1.54) is 22.5 Å². The number of hydrogen-bond acceptors (Lipinski definition) is 4. The van der Waals surface area contributed by atoms with Gasteiger partial charge in [-0.15, -0.1) is 11.3 Å². The summed E-state index contributed by atoms with van der Waals surface area (Å²) < 4.78 is 0.685. The van der Waals surface area contributed by atoms with E-state index in [-0.39, 0.29) is 11.3 Å². The van der Waals surface area contributed by atoms with E-state index >= 15 is 0 Å². The number of aromatic amines is 1. The van der Waals surface area contributed by atoms with E-state index in [4.69, 9.17) is 0 Å². The van der Waals surface area contributed by atoms with Crippen molar-refractivity contribution in [3.63, 3.8) is 0 Å². The number of likely N-dealkylation sites (N-methyl/N-ethyl adjacent to an activating group) is 1. The standard InChI is InChI=1S/C22H22N2O2S/c1-12-10-14(4-5-15(12)13(2)11-23-3)19-18(25)7-6-17-20(19)16-8-9-27-21(16)22(26)24-17/h4-10,13,23,25H,11H2,1-3H3,(H,24,26)/t13-/m0/s1. The monoisotopic (exact) mass is 378 g/mol. The second-order valence-electron chi connectivity index (χ2n) is 7.03. The Hall–Kier alpha value is -2.63. The summed E-state index contributed by atoms with van der Waals surface area (Å²) >= 11 is 1.42. The number of H-pyrrole nitrogens is 1. The summed E-state index contributed by atoms with van der Waals surface area (Å²) in [6.45, 7) is 5.22. The highest BCUT2D eigenvalue weighted by Gasteiger charge is 2.17. The van der Waals surface area contributed by atoms with Gasteiger partial charge in [0.25, 0.3) is 5.56 Å². The first-order valence-electron chi connectivity index (χ1n) is 9.02. The molecule has 0 amide bonds. The Kier molecular flexibility index (Phi) is 4.50. The first-order chi connectivity index (χ1) is 13.0. The topological polar surface area (TPSA) is 65.1 Å². The Bertz CT molecular complexity index is 1210. The van der Waals surface area contributed by atoms with Crippen LogP contribution in [0.1, 0.15) is 24.0 Å². The van der Waals surface area contributed by atoms with Gasteiger partial charge in [-0.25, -0.2) is 0 Å². The van der Waals surface area contributed by atoms with Crippen LogP contribution in [0.25, 0.3) is 32.1 Å². The third-order valence-corrected chi connectivity index (χ3v) is 6.09. The predicted molar refractivity (Wildman–Crippen MR) is 114 cm³/mol. The fraction of sp³-hybridized carbons (Fsp3) is 0.227. The van der Waals surface area contributed by atoms with Crippen molar-refractivity contribution >= 4 is 32.3 Å². The maximum absolute atomic E-state index is 12.3. The first kappa shape index (κ1) is 17.8. The molecule has 4 aromatic rings. The van der Waals surface area contributed by atoms with Gasteiger partial charge in [0.05, 0.1) is 0 Å². The number of phenolic OH excluding ortho intramolecular Hbond substituents is 1. The summed E-state index contributed by atoms with van der Waals surface area (Å²) in [6.07, 6.45) is 0. The molecule has 0 aliphatic heterocycles. The minimum absolute atomic E-state index is 0.0865. The molecule has 5 heteroatoms. The number of rotatable bonds is 4. The van der Waals surface area contributed by atoms with Crippen molar-refractivity contribution in [1.29, 1.82) is 0 Å². The van der Waals surface area contributed by atoms with Crippen molar-refractivity contribution in [2.24, 2.45) is 0 Å². The lowest BCUT2D eigenvalue weighted by Gasteiger charge is -2.17. The number of pyridine rings is 1. The van der Waals surface area contributed by atoms with E-state index < -0.39 is 0 Å². The van der Waals surface area contributed by atoms with Crippen molar-refractivity contribution < 1.29 is 5.11 Å². The SMILES string of the molecule is CNC[C@H](C)c1ccc(-c2c(O)ccc3[nH]c(=O)c4sccc4c23)cc1C. The second-order valence-corrected chi connectivity index (χ2v) is 7.95. The summed E-state index contributed by atoms with van der Waals surface area (Å²) in [5, 5.41) is 17.6. The van der Waals surface area contributed by atoms with Gasteiger partial charge in [0.1, 0.15) is 10.4 Å². The van der Waals surface area contributed by atoms with E-state index in [2.05, 4.69) is 42.3 Å². The summed E-state index contributed by atoms with van der Waals surface area (Å²) in [7, 11) is 1.96. The maximum Gasteiger partial charge on any atom is 0.266 e. The van der Waals surface area contributed by atoms with Crippen molar-refractivity contribution in [2.75, 3.05) is 13.6 Å². The fourth-order valence-corrected chi connectivity index (χ4v) is 4.72. The van der Waals surface area contributed by atoms with Crippen molar-refractivity contribution in [2.45, 2.75) is 19.8 Å². The molecule has 0 unspecified atom stereocenters. The van der Waals surface area contributed by atoms with E-state index in [0.717, 1.165) is 34.0 Å². The van der Waals surface area contributed by atoms with Gasteiger partial charge in [0, 0.05) is 28.4 Å². The number of aryl methyl sites for hydroxylation is 1. The van der Waals surface area contributed by atoms with Crippen LogP contribution in [0.4, 0.5) is 0 Å². The third-order valence-electron chi connectivity index (χ3n) is 5.17. The molecule has 0 spiro atoms. The number of aromatic hydroxyl groups is 1. The second kappa shape index (κ2) is 6.83. The molecule has 3 N–H and O–H groups in total. The van der Waals surface area contributed by atoms with Crippen LogP contribution in [0.3, 0.4) is 0 Å².